The lowest BCUT2D eigenvalue weighted by Gasteiger charge is -1.98. The molecule has 0 aromatic carbocycles. The van der Waals surface area contributed by atoms with E-state index in [-0.39, 0.29) is 6.35 Å². The highest BCUT2D eigenvalue weighted by Crippen LogP contribution is 2.18. The number of nitrogens with two attached hydrogens (primary N) is 1. The average molecular weight is 153 g/mol. The second kappa shape index (κ2) is 6.23. The van der Waals surface area contributed by atoms with Crippen LogP contribution in [0.25, 0.3) is 0 Å². The highest BCUT2D eigenvalue weighted by molar-refractivity contribution is 7.38. The van der Waals surface area contributed by atoms with Gasteiger partial charge in [0.05, 0.1) is 6.61 Å². The number of aliphatic hydroxyl groups excluding tert-OH is 1. The number of hydrogen-bond donors (Lipinski definition) is 2. The third-order valence-corrected chi connectivity index (χ3v) is 1.52. The summed E-state index contributed by atoms with van der Waals surface area (Å²) in [6.45, 7) is 0.912. The molecule has 0 heterocycles. The van der Waals surface area contributed by atoms with Crippen LogP contribution < -0.4 is 5.73 Å². The first-order valence-corrected chi connectivity index (χ1v) is 4.30. The SMILES string of the molecule is NCCCO[PH](=O)CO. The molecule has 0 aromatic heterocycles. The fourth-order valence-electron chi connectivity index (χ4n) is 0.315. The highest BCUT2D eigenvalue weighted by atomic mass is 31.1. The maximum atomic E-state index is 10.4. The number of hydrogen-bond acceptors (Lipinski definition) is 4. The van der Waals surface area contributed by atoms with Crippen molar-refractivity contribution in [2.24, 2.45) is 5.73 Å². The molecule has 9 heavy (non-hydrogen) atoms. The Bertz CT molecular complexity index is 87.9. The molecule has 0 radical (unpaired) electrons. The molecule has 5 heteroatoms. The Labute approximate surface area is 54.9 Å². The summed E-state index contributed by atoms with van der Waals surface area (Å²) in [5.41, 5.74) is 5.12. The summed E-state index contributed by atoms with van der Waals surface area (Å²) in [7, 11) is -2.15. The van der Waals surface area contributed by atoms with Gasteiger partial charge in [-0.2, -0.15) is 0 Å². The van der Waals surface area contributed by atoms with Gasteiger partial charge < -0.3 is 15.4 Å². The molecule has 0 aromatic rings. The summed E-state index contributed by atoms with van der Waals surface area (Å²) in [5.74, 6) is 0. The van der Waals surface area contributed by atoms with E-state index in [9.17, 15) is 4.57 Å². The van der Waals surface area contributed by atoms with Gasteiger partial charge in [-0.15, -0.1) is 0 Å². The van der Waals surface area contributed by atoms with E-state index in [1.807, 2.05) is 0 Å². The van der Waals surface area contributed by atoms with E-state index in [0.29, 0.717) is 19.6 Å². The van der Waals surface area contributed by atoms with Crippen LogP contribution in [0.2, 0.25) is 0 Å². The van der Waals surface area contributed by atoms with E-state index >= 15 is 0 Å². The largest absolute Gasteiger partial charge is 0.387 e. The molecule has 0 saturated carbocycles. The molecule has 0 spiro atoms. The van der Waals surface area contributed by atoms with Crippen LogP contribution in [0.5, 0.6) is 0 Å². The molecule has 0 rings (SSSR count). The number of rotatable bonds is 5. The van der Waals surface area contributed by atoms with Crippen LogP contribution in [-0.4, -0.2) is 24.6 Å². The van der Waals surface area contributed by atoms with Crippen molar-refractivity contribution in [2.45, 2.75) is 6.42 Å². The van der Waals surface area contributed by atoms with Crippen molar-refractivity contribution in [2.75, 3.05) is 19.5 Å². The minimum atomic E-state index is -2.15. The van der Waals surface area contributed by atoms with Gasteiger partial charge in [0.15, 0.2) is 0 Å². The van der Waals surface area contributed by atoms with Crippen molar-refractivity contribution in [1.29, 1.82) is 0 Å². The third-order valence-electron chi connectivity index (χ3n) is 0.741. The van der Waals surface area contributed by atoms with Crippen LogP contribution in [0.3, 0.4) is 0 Å². The van der Waals surface area contributed by atoms with Gasteiger partial charge in [0, 0.05) is 0 Å². The Morgan fingerprint density at radius 3 is 2.78 bits per heavy atom. The molecule has 3 N–H and O–H groups in total. The Morgan fingerprint density at radius 2 is 2.33 bits per heavy atom. The lowest BCUT2D eigenvalue weighted by molar-refractivity contribution is 0.286. The van der Waals surface area contributed by atoms with Crippen molar-refractivity contribution in [1.82, 2.24) is 0 Å². The molecule has 0 aliphatic rings. The predicted octanol–water partition coefficient (Wildman–Crippen LogP) is -0.224. The molecule has 0 fully saturated rings. The minimum absolute atomic E-state index is 0.366. The van der Waals surface area contributed by atoms with Gasteiger partial charge >= 0.3 is 0 Å². The summed E-state index contributed by atoms with van der Waals surface area (Å²) in [6, 6.07) is 0. The molecule has 0 saturated heterocycles. The lowest BCUT2D eigenvalue weighted by atomic mass is 10.5. The molecule has 4 nitrogen and oxygen atoms in total. The Morgan fingerprint density at radius 1 is 1.67 bits per heavy atom. The van der Waals surface area contributed by atoms with Gasteiger partial charge in [-0.3, -0.25) is 4.57 Å². The molecule has 0 bridgehead atoms. The predicted molar refractivity (Wildman–Crippen MR) is 35.7 cm³/mol. The summed E-state index contributed by atoms with van der Waals surface area (Å²) in [5, 5.41) is 8.21. The van der Waals surface area contributed by atoms with Gasteiger partial charge in [-0.05, 0) is 13.0 Å². The summed E-state index contributed by atoms with van der Waals surface area (Å²) < 4.78 is 15.0. The van der Waals surface area contributed by atoms with Gasteiger partial charge in [0.2, 0.25) is 8.03 Å². The smallest absolute Gasteiger partial charge is 0.216 e. The Balaban J connectivity index is 2.97. The maximum absolute atomic E-state index is 10.4. The fourth-order valence-corrected chi connectivity index (χ4v) is 0.778. The van der Waals surface area contributed by atoms with Crippen LogP contribution >= 0.6 is 8.03 Å². The average Bonchev–Trinajstić information content (AvgIpc) is 1.89. The van der Waals surface area contributed by atoms with Crippen LogP contribution in [0.1, 0.15) is 6.42 Å². The van der Waals surface area contributed by atoms with E-state index in [1.165, 1.54) is 0 Å². The van der Waals surface area contributed by atoms with Gasteiger partial charge in [-0.25, -0.2) is 0 Å². The zero-order valence-electron chi connectivity index (χ0n) is 5.17. The Kier molecular flexibility index (Phi) is 6.31. The molecule has 0 aliphatic carbocycles. The van der Waals surface area contributed by atoms with E-state index in [4.69, 9.17) is 10.8 Å². The second-order valence-corrected chi connectivity index (χ2v) is 2.87. The zero-order chi connectivity index (χ0) is 7.11. The molecular weight excluding hydrogens is 141 g/mol. The van der Waals surface area contributed by atoms with Gasteiger partial charge in [0.25, 0.3) is 0 Å². The Hall–Kier alpha value is 0.110. The highest BCUT2D eigenvalue weighted by Gasteiger charge is 1.93. The van der Waals surface area contributed by atoms with Gasteiger partial charge in [-0.1, -0.05) is 0 Å². The molecule has 0 amide bonds. The van der Waals surface area contributed by atoms with Crippen LogP contribution in [0.15, 0.2) is 0 Å². The van der Waals surface area contributed by atoms with Crippen LogP contribution in [0.4, 0.5) is 0 Å². The van der Waals surface area contributed by atoms with E-state index in [0.717, 1.165) is 0 Å². The third kappa shape index (κ3) is 5.99. The summed E-state index contributed by atoms with van der Waals surface area (Å²) >= 11 is 0. The topological polar surface area (TPSA) is 72.5 Å². The second-order valence-electron chi connectivity index (χ2n) is 1.52. The van der Waals surface area contributed by atoms with E-state index < -0.39 is 8.03 Å². The first kappa shape index (κ1) is 9.11. The van der Waals surface area contributed by atoms with E-state index in [2.05, 4.69) is 4.52 Å². The van der Waals surface area contributed by atoms with Crippen molar-refractivity contribution >= 4 is 8.03 Å². The molecule has 1 atom stereocenters. The standard InChI is InChI=1S/C4H12NO3P/c5-2-1-3-8-9(7)4-6/h6,9H,1-5H2. The first-order chi connectivity index (χ1) is 4.31. The molecule has 0 aliphatic heterocycles. The van der Waals surface area contributed by atoms with Crippen molar-refractivity contribution in [3.8, 4) is 0 Å². The monoisotopic (exact) mass is 153 g/mol. The summed E-state index contributed by atoms with van der Waals surface area (Å²) in [6.07, 6.45) is 0.325. The first-order valence-electron chi connectivity index (χ1n) is 2.77. The lowest BCUT2D eigenvalue weighted by Crippen LogP contribution is -2.01. The normalized spacial score (nSPS) is 13.6. The van der Waals surface area contributed by atoms with Crippen LogP contribution in [0, 0.1) is 0 Å². The van der Waals surface area contributed by atoms with Gasteiger partial charge in [0.1, 0.15) is 6.35 Å². The quantitative estimate of drug-likeness (QED) is 0.423. The molecule has 56 valence electrons. The zero-order valence-corrected chi connectivity index (χ0v) is 6.17. The van der Waals surface area contributed by atoms with E-state index in [1.54, 1.807) is 0 Å². The molecular formula is C4H12NO3P. The maximum Gasteiger partial charge on any atom is 0.216 e. The minimum Gasteiger partial charge on any atom is -0.387 e. The summed E-state index contributed by atoms with van der Waals surface area (Å²) in [4.78, 5) is 0. The van der Waals surface area contributed by atoms with Crippen LogP contribution in [-0.2, 0) is 9.09 Å². The fraction of sp³-hybridized carbons (Fsp3) is 1.00. The molecule has 1 unspecified atom stereocenters. The number of aliphatic hydroxyl groups is 1. The van der Waals surface area contributed by atoms with Crippen molar-refractivity contribution < 1.29 is 14.2 Å². The van der Waals surface area contributed by atoms with Crippen molar-refractivity contribution in [3.05, 3.63) is 0 Å². The van der Waals surface area contributed by atoms with Crippen molar-refractivity contribution in [3.63, 3.8) is 0 Å².